The minimum absolute atomic E-state index is 0.0114. The van der Waals surface area contributed by atoms with Crippen LogP contribution in [0.4, 0.5) is 0 Å². The van der Waals surface area contributed by atoms with Crippen molar-refractivity contribution in [2.45, 2.75) is 26.4 Å². The maximum absolute atomic E-state index is 9.47. The molecule has 0 spiro atoms. The van der Waals surface area contributed by atoms with E-state index in [-0.39, 0.29) is 12.5 Å². The molecule has 1 heterocycles. The second-order valence-electron chi connectivity index (χ2n) is 4.71. The molecule has 5 heteroatoms. The van der Waals surface area contributed by atoms with E-state index in [9.17, 15) is 5.11 Å². The molecule has 20 heavy (non-hydrogen) atoms. The SMILES string of the molecule is COc1ccc(OC)c(-c2nc(C(C)C)c(CO)s2)c1. The Morgan fingerprint density at radius 1 is 1.25 bits per heavy atom. The summed E-state index contributed by atoms with van der Waals surface area (Å²) in [5.41, 5.74) is 1.83. The standard InChI is InChI=1S/C15H19NO3S/c1-9(2)14-13(8-17)20-15(16-14)11-7-10(18-3)5-6-12(11)19-4/h5-7,9,17H,8H2,1-4H3. The quantitative estimate of drug-likeness (QED) is 0.917. The lowest BCUT2D eigenvalue weighted by Gasteiger charge is -2.08. The van der Waals surface area contributed by atoms with Gasteiger partial charge in [0.05, 0.1) is 37.0 Å². The second-order valence-corrected chi connectivity index (χ2v) is 5.79. The van der Waals surface area contributed by atoms with Gasteiger partial charge < -0.3 is 14.6 Å². The summed E-state index contributed by atoms with van der Waals surface area (Å²) in [4.78, 5) is 5.56. The molecule has 2 aromatic rings. The molecule has 0 aliphatic rings. The maximum Gasteiger partial charge on any atom is 0.129 e. The maximum atomic E-state index is 9.47. The highest BCUT2D eigenvalue weighted by Crippen LogP contribution is 2.38. The van der Waals surface area contributed by atoms with Gasteiger partial charge in [-0.3, -0.25) is 0 Å². The number of aromatic nitrogens is 1. The van der Waals surface area contributed by atoms with Crippen LogP contribution in [0.3, 0.4) is 0 Å². The number of methoxy groups -OCH3 is 2. The molecule has 0 radical (unpaired) electrons. The van der Waals surface area contributed by atoms with Crippen molar-refractivity contribution >= 4 is 11.3 Å². The van der Waals surface area contributed by atoms with Crippen LogP contribution in [0.25, 0.3) is 10.6 Å². The minimum Gasteiger partial charge on any atom is -0.497 e. The molecule has 1 N–H and O–H groups in total. The molecule has 0 saturated heterocycles. The predicted octanol–water partition coefficient (Wildman–Crippen LogP) is 3.44. The average Bonchev–Trinajstić information content (AvgIpc) is 2.90. The van der Waals surface area contributed by atoms with E-state index in [2.05, 4.69) is 18.8 Å². The highest BCUT2D eigenvalue weighted by atomic mass is 32.1. The number of aliphatic hydroxyl groups is 1. The molecule has 2 rings (SSSR count). The van der Waals surface area contributed by atoms with Crippen LogP contribution in [0.2, 0.25) is 0 Å². The Labute approximate surface area is 123 Å². The van der Waals surface area contributed by atoms with E-state index in [4.69, 9.17) is 9.47 Å². The van der Waals surface area contributed by atoms with Crippen molar-refractivity contribution in [2.24, 2.45) is 0 Å². The van der Waals surface area contributed by atoms with Gasteiger partial charge in [-0.2, -0.15) is 0 Å². The van der Waals surface area contributed by atoms with Crippen molar-refractivity contribution in [3.05, 3.63) is 28.8 Å². The predicted molar refractivity (Wildman–Crippen MR) is 80.7 cm³/mol. The molecule has 0 fully saturated rings. The Balaban J connectivity index is 2.55. The van der Waals surface area contributed by atoms with Crippen molar-refractivity contribution in [3.8, 4) is 22.1 Å². The lowest BCUT2D eigenvalue weighted by Crippen LogP contribution is -1.93. The van der Waals surface area contributed by atoms with E-state index in [0.717, 1.165) is 32.6 Å². The molecule has 1 aromatic heterocycles. The number of benzene rings is 1. The summed E-state index contributed by atoms with van der Waals surface area (Å²) in [6.45, 7) is 4.15. The first-order valence-electron chi connectivity index (χ1n) is 6.43. The number of hydrogen-bond donors (Lipinski definition) is 1. The topological polar surface area (TPSA) is 51.6 Å². The van der Waals surface area contributed by atoms with Crippen LogP contribution in [0, 0.1) is 0 Å². The second kappa shape index (κ2) is 6.24. The number of ether oxygens (including phenoxy) is 2. The van der Waals surface area contributed by atoms with E-state index in [1.54, 1.807) is 14.2 Å². The van der Waals surface area contributed by atoms with Crippen molar-refractivity contribution < 1.29 is 14.6 Å². The molecule has 1 aromatic carbocycles. The molecule has 0 bridgehead atoms. The first-order chi connectivity index (χ1) is 9.60. The van der Waals surface area contributed by atoms with Crippen molar-refractivity contribution in [1.82, 2.24) is 4.98 Å². The van der Waals surface area contributed by atoms with Gasteiger partial charge in [-0.05, 0) is 24.1 Å². The van der Waals surface area contributed by atoms with E-state index in [1.165, 1.54) is 11.3 Å². The third-order valence-corrected chi connectivity index (χ3v) is 4.14. The number of aliphatic hydroxyl groups excluding tert-OH is 1. The Bertz CT molecular complexity index is 593. The minimum atomic E-state index is 0.0114. The third kappa shape index (κ3) is 2.78. The number of nitrogens with zero attached hydrogens (tertiary/aromatic N) is 1. The zero-order valence-electron chi connectivity index (χ0n) is 12.1. The van der Waals surface area contributed by atoms with Crippen LogP contribution < -0.4 is 9.47 Å². The Hall–Kier alpha value is -1.59. The van der Waals surface area contributed by atoms with Crippen LogP contribution in [0.15, 0.2) is 18.2 Å². The van der Waals surface area contributed by atoms with Gasteiger partial charge in [-0.25, -0.2) is 4.98 Å². The van der Waals surface area contributed by atoms with Gasteiger partial charge >= 0.3 is 0 Å². The average molecular weight is 293 g/mol. The normalized spacial score (nSPS) is 10.9. The van der Waals surface area contributed by atoms with Gasteiger partial charge in [0.1, 0.15) is 16.5 Å². The number of hydrogen-bond acceptors (Lipinski definition) is 5. The van der Waals surface area contributed by atoms with Gasteiger partial charge in [0.25, 0.3) is 0 Å². The molecule has 0 aliphatic heterocycles. The Morgan fingerprint density at radius 2 is 2.00 bits per heavy atom. The van der Waals surface area contributed by atoms with Gasteiger partial charge in [0.15, 0.2) is 0 Å². The highest BCUT2D eigenvalue weighted by Gasteiger charge is 2.17. The zero-order chi connectivity index (χ0) is 14.7. The molecule has 0 aliphatic carbocycles. The summed E-state index contributed by atoms with van der Waals surface area (Å²) in [5, 5.41) is 10.3. The van der Waals surface area contributed by atoms with Crippen molar-refractivity contribution in [2.75, 3.05) is 14.2 Å². The fourth-order valence-corrected chi connectivity index (χ4v) is 3.12. The van der Waals surface area contributed by atoms with Crippen LogP contribution in [0.1, 0.15) is 30.3 Å². The third-order valence-electron chi connectivity index (χ3n) is 3.06. The molecule has 0 unspecified atom stereocenters. The van der Waals surface area contributed by atoms with Gasteiger partial charge in [0.2, 0.25) is 0 Å². The first kappa shape index (κ1) is 14.8. The number of thiazole rings is 1. The smallest absolute Gasteiger partial charge is 0.129 e. The Morgan fingerprint density at radius 3 is 2.50 bits per heavy atom. The van der Waals surface area contributed by atoms with Crippen molar-refractivity contribution in [1.29, 1.82) is 0 Å². The van der Waals surface area contributed by atoms with Crippen LogP contribution in [-0.2, 0) is 6.61 Å². The van der Waals surface area contributed by atoms with E-state index in [0.29, 0.717) is 0 Å². The van der Waals surface area contributed by atoms with E-state index < -0.39 is 0 Å². The monoisotopic (exact) mass is 293 g/mol. The van der Waals surface area contributed by atoms with Gasteiger partial charge in [-0.1, -0.05) is 13.8 Å². The van der Waals surface area contributed by atoms with E-state index >= 15 is 0 Å². The summed E-state index contributed by atoms with van der Waals surface area (Å²) in [6, 6.07) is 5.62. The van der Waals surface area contributed by atoms with Crippen LogP contribution in [0.5, 0.6) is 11.5 Å². The van der Waals surface area contributed by atoms with E-state index in [1.807, 2.05) is 18.2 Å². The van der Waals surface area contributed by atoms with Crippen LogP contribution in [-0.4, -0.2) is 24.3 Å². The lowest BCUT2D eigenvalue weighted by atomic mass is 10.1. The summed E-state index contributed by atoms with van der Waals surface area (Å²) >= 11 is 1.49. The zero-order valence-corrected chi connectivity index (χ0v) is 13.0. The molecule has 0 atom stereocenters. The molecule has 0 amide bonds. The fourth-order valence-electron chi connectivity index (χ4n) is 2.02. The summed E-state index contributed by atoms with van der Waals surface area (Å²) in [5.74, 6) is 1.78. The largest absolute Gasteiger partial charge is 0.497 e. The van der Waals surface area contributed by atoms with Crippen molar-refractivity contribution in [3.63, 3.8) is 0 Å². The Kier molecular flexibility index (Phi) is 4.62. The summed E-state index contributed by atoms with van der Waals surface area (Å²) in [7, 11) is 3.27. The molecule has 4 nitrogen and oxygen atoms in total. The molecular weight excluding hydrogens is 274 g/mol. The number of rotatable bonds is 5. The molecule has 0 saturated carbocycles. The summed E-state index contributed by atoms with van der Waals surface area (Å²) in [6.07, 6.45) is 0. The van der Waals surface area contributed by atoms with Gasteiger partial charge in [0, 0.05) is 0 Å². The van der Waals surface area contributed by atoms with Crippen LogP contribution >= 0.6 is 11.3 Å². The lowest BCUT2D eigenvalue weighted by molar-refractivity contribution is 0.283. The first-order valence-corrected chi connectivity index (χ1v) is 7.25. The fraction of sp³-hybridized carbons (Fsp3) is 0.400. The molecule has 108 valence electrons. The summed E-state index contributed by atoms with van der Waals surface area (Å²) < 4.78 is 10.6. The molecular formula is C15H19NO3S. The highest BCUT2D eigenvalue weighted by molar-refractivity contribution is 7.15. The van der Waals surface area contributed by atoms with Gasteiger partial charge in [-0.15, -0.1) is 11.3 Å².